The molecular weight excluding hydrogens is 306 g/mol. The molecule has 0 aromatic carbocycles. The summed E-state index contributed by atoms with van der Waals surface area (Å²) in [5, 5.41) is 11.8. The number of fused-ring (bicyclic) bond motifs is 1. The maximum atomic E-state index is 12.6. The van der Waals surface area contributed by atoms with Crippen LogP contribution in [-0.2, 0) is 11.2 Å². The summed E-state index contributed by atoms with van der Waals surface area (Å²) in [5.41, 5.74) is 1.19. The molecule has 1 aliphatic rings. The van der Waals surface area contributed by atoms with Crippen molar-refractivity contribution in [1.82, 2.24) is 19.5 Å². The molecule has 24 heavy (non-hydrogen) atoms. The van der Waals surface area contributed by atoms with Gasteiger partial charge >= 0.3 is 0 Å². The van der Waals surface area contributed by atoms with Gasteiger partial charge in [0.2, 0.25) is 5.91 Å². The molecule has 0 aliphatic carbocycles. The zero-order valence-corrected chi connectivity index (χ0v) is 14.2. The van der Waals surface area contributed by atoms with E-state index in [-0.39, 0.29) is 17.9 Å². The van der Waals surface area contributed by atoms with E-state index < -0.39 is 0 Å². The molecule has 7 nitrogen and oxygen atoms in total. The molecule has 1 N–H and O–H groups in total. The Morgan fingerprint density at radius 1 is 1.42 bits per heavy atom. The number of carbonyl (C=O) groups is 1. The quantitative estimate of drug-likeness (QED) is 0.898. The molecule has 1 saturated heterocycles. The molecule has 1 aliphatic heterocycles. The summed E-state index contributed by atoms with van der Waals surface area (Å²) < 4.78 is 1.23. The van der Waals surface area contributed by atoms with Gasteiger partial charge in [0.25, 0.3) is 5.56 Å². The molecule has 1 fully saturated rings. The van der Waals surface area contributed by atoms with E-state index in [4.69, 9.17) is 5.26 Å². The first-order valence-electron chi connectivity index (χ1n) is 8.18. The lowest BCUT2D eigenvalue weighted by atomic mass is 9.91. The molecule has 0 unspecified atom stereocenters. The molecule has 3 rings (SSSR count). The smallest absolute Gasteiger partial charge is 0.276 e. The molecule has 0 bridgehead atoms. The second kappa shape index (κ2) is 6.11. The second-order valence-electron chi connectivity index (χ2n) is 6.86. The van der Waals surface area contributed by atoms with Crippen molar-refractivity contribution in [3.8, 4) is 6.07 Å². The Labute approximate surface area is 139 Å². The van der Waals surface area contributed by atoms with Gasteiger partial charge in [-0.05, 0) is 25.2 Å². The van der Waals surface area contributed by atoms with Crippen LogP contribution in [0.25, 0.3) is 5.65 Å². The van der Waals surface area contributed by atoms with Gasteiger partial charge in [-0.3, -0.25) is 14.7 Å². The SMILES string of the molecule is Cc1nc2c(C#N)c[nH]n2c(=O)c1CC(=O)N1C[C@H](C)C[C@@H](C)C1. The number of nitriles is 1. The minimum atomic E-state index is -0.314. The third kappa shape index (κ3) is 2.80. The standard InChI is InChI=1S/C17H21N5O2/c1-10-4-11(2)9-21(8-10)15(23)5-14-12(3)20-16-13(6-18)7-19-22(16)17(14)24/h7,10-11,19H,4-5,8-9H2,1-3H3/t10-,11-/m1/s1. The first kappa shape index (κ1) is 16.2. The van der Waals surface area contributed by atoms with Gasteiger partial charge in [0.15, 0.2) is 5.65 Å². The number of hydrogen-bond acceptors (Lipinski definition) is 4. The number of carbonyl (C=O) groups excluding carboxylic acids is 1. The third-order valence-electron chi connectivity index (χ3n) is 4.63. The number of rotatable bonds is 2. The Hall–Kier alpha value is -2.62. The van der Waals surface area contributed by atoms with E-state index in [1.165, 1.54) is 10.7 Å². The first-order chi connectivity index (χ1) is 11.4. The van der Waals surface area contributed by atoms with Gasteiger partial charge in [0.1, 0.15) is 11.6 Å². The normalized spacial score (nSPS) is 21.0. The highest BCUT2D eigenvalue weighted by Gasteiger charge is 2.26. The minimum absolute atomic E-state index is 0.0394. The van der Waals surface area contributed by atoms with E-state index in [0.29, 0.717) is 34.3 Å². The van der Waals surface area contributed by atoms with Gasteiger partial charge < -0.3 is 4.90 Å². The van der Waals surface area contributed by atoms with E-state index in [0.717, 1.165) is 19.5 Å². The number of amides is 1. The predicted molar refractivity (Wildman–Crippen MR) is 88.5 cm³/mol. The van der Waals surface area contributed by atoms with E-state index in [2.05, 4.69) is 23.9 Å². The maximum absolute atomic E-state index is 12.6. The number of piperidine rings is 1. The van der Waals surface area contributed by atoms with Crippen LogP contribution in [0.4, 0.5) is 0 Å². The Morgan fingerprint density at radius 2 is 2.08 bits per heavy atom. The van der Waals surface area contributed by atoms with E-state index >= 15 is 0 Å². The van der Waals surface area contributed by atoms with Crippen molar-refractivity contribution in [2.45, 2.75) is 33.6 Å². The van der Waals surface area contributed by atoms with Crippen molar-refractivity contribution in [2.24, 2.45) is 11.8 Å². The van der Waals surface area contributed by atoms with Crippen molar-refractivity contribution < 1.29 is 4.79 Å². The van der Waals surface area contributed by atoms with Crippen LogP contribution in [0.1, 0.15) is 37.1 Å². The number of aryl methyl sites for hydroxylation is 1. The largest absolute Gasteiger partial charge is 0.342 e. The van der Waals surface area contributed by atoms with Crippen molar-refractivity contribution in [3.63, 3.8) is 0 Å². The van der Waals surface area contributed by atoms with Crippen molar-refractivity contribution in [3.05, 3.63) is 33.4 Å². The van der Waals surface area contributed by atoms with Gasteiger partial charge in [0, 0.05) is 30.5 Å². The Bertz CT molecular complexity index is 879. The van der Waals surface area contributed by atoms with Crippen molar-refractivity contribution in [1.29, 1.82) is 5.26 Å². The number of nitrogens with zero attached hydrogens (tertiary/aromatic N) is 4. The minimum Gasteiger partial charge on any atom is -0.342 e. The van der Waals surface area contributed by atoms with Crippen LogP contribution in [0.3, 0.4) is 0 Å². The summed E-state index contributed by atoms with van der Waals surface area (Å²) >= 11 is 0. The second-order valence-corrected chi connectivity index (χ2v) is 6.86. The van der Waals surface area contributed by atoms with Crippen LogP contribution >= 0.6 is 0 Å². The van der Waals surface area contributed by atoms with Crippen LogP contribution < -0.4 is 5.56 Å². The van der Waals surface area contributed by atoms with Crippen LogP contribution in [0, 0.1) is 30.1 Å². The molecule has 0 spiro atoms. The van der Waals surface area contributed by atoms with E-state index in [1.54, 1.807) is 6.92 Å². The highest BCUT2D eigenvalue weighted by Crippen LogP contribution is 2.21. The lowest BCUT2D eigenvalue weighted by Gasteiger charge is -2.35. The Morgan fingerprint density at radius 3 is 2.71 bits per heavy atom. The van der Waals surface area contributed by atoms with Crippen LogP contribution in [0.2, 0.25) is 0 Å². The van der Waals surface area contributed by atoms with Gasteiger partial charge in [-0.25, -0.2) is 9.50 Å². The average molecular weight is 327 g/mol. The monoisotopic (exact) mass is 327 g/mol. The summed E-state index contributed by atoms with van der Waals surface area (Å²) in [6, 6.07) is 2.00. The third-order valence-corrected chi connectivity index (χ3v) is 4.63. The molecule has 7 heteroatoms. The fraction of sp³-hybridized carbons (Fsp3) is 0.529. The molecule has 126 valence electrons. The highest BCUT2D eigenvalue weighted by molar-refractivity contribution is 5.79. The van der Waals surface area contributed by atoms with Gasteiger partial charge in [-0.2, -0.15) is 5.26 Å². The molecular formula is C17H21N5O2. The summed E-state index contributed by atoms with van der Waals surface area (Å²) in [7, 11) is 0. The summed E-state index contributed by atoms with van der Waals surface area (Å²) in [4.78, 5) is 31.5. The Balaban J connectivity index is 1.91. The van der Waals surface area contributed by atoms with Crippen molar-refractivity contribution >= 4 is 11.6 Å². The van der Waals surface area contributed by atoms with Crippen LogP contribution in [0.5, 0.6) is 0 Å². The number of aromatic nitrogens is 3. The van der Waals surface area contributed by atoms with Gasteiger partial charge in [-0.1, -0.05) is 13.8 Å². The van der Waals surface area contributed by atoms with Gasteiger partial charge in [-0.15, -0.1) is 0 Å². The lowest BCUT2D eigenvalue weighted by Crippen LogP contribution is -2.44. The molecule has 2 atom stereocenters. The summed E-state index contributed by atoms with van der Waals surface area (Å²) in [6.07, 6.45) is 2.61. The fourth-order valence-electron chi connectivity index (χ4n) is 3.57. The molecule has 0 radical (unpaired) electrons. The number of likely N-dealkylation sites (tertiary alicyclic amines) is 1. The van der Waals surface area contributed by atoms with Crippen molar-refractivity contribution in [2.75, 3.05) is 13.1 Å². The number of nitrogens with one attached hydrogen (secondary N) is 1. The zero-order valence-electron chi connectivity index (χ0n) is 14.2. The predicted octanol–water partition coefficient (Wildman–Crippen LogP) is 1.25. The molecule has 2 aromatic heterocycles. The van der Waals surface area contributed by atoms with Crippen LogP contribution in [-0.4, -0.2) is 38.5 Å². The number of aromatic amines is 1. The molecule has 0 saturated carbocycles. The van der Waals surface area contributed by atoms with E-state index in [1.807, 2.05) is 11.0 Å². The summed E-state index contributed by atoms with van der Waals surface area (Å²) in [6.45, 7) is 7.47. The van der Waals surface area contributed by atoms with E-state index in [9.17, 15) is 9.59 Å². The fourth-order valence-corrected chi connectivity index (χ4v) is 3.57. The molecule has 3 heterocycles. The Kier molecular flexibility index (Phi) is 4.14. The topological polar surface area (TPSA) is 94.3 Å². The number of H-pyrrole nitrogens is 1. The summed E-state index contributed by atoms with van der Waals surface area (Å²) in [5.74, 6) is 0.909. The molecule has 1 amide bonds. The molecule has 2 aromatic rings. The zero-order chi connectivity index (χ0) is 17.4. The van der Waals surface area contributed by atoms with Crippen LogP contribution in [0.15, 0.2) is 11.0 Å². The average Bonchev–Trinajstić information content (AvgIpc) is 2.93. The maximum Gasteiger partial charge on any atom is 0.276 e. The lowest BCUT2D eigenvalue weighted by molar-refractivity contribution is -0.133. The first-order valence-corrected chi connectivity index (χ1v) is 8.18. The van der Waals surface area contributed by atoms with Gasteiger partial charge in [0.05, 0.1) is 6.42 Å². The number of hydrogen-bond donors (Lipinski definition) is 1. The highest BCUT2D eigenvalue weighted by atomic mass is 16.2.